The molecule has 2 rings (SSSR count). The van der Waals surface area contributed by atoms with Gasteiger partial charge in [-0.3, -0.25) is 0 Å². The average Bonchev–Trinajstić information content (AvgIpc) is 2.58. The summed E-state index contributed by atoms with van der Waals surface area (Å²) in [5.41, 5.74) is 1.21. The van der Waals surface area contributed by atoms with Gasteiger partial charge in [0.05, 0.1) is 0 Å². The molecule has 0 aliphatic carbocycles. The lowest BCUT2D eigenvalue weighted by Gasteiger charge is -2.07. The van der Waals surface area contributed by atoms with E-state index >= 15 is 0 Å². The van der Waals surface area contributed by atoms with Crippen LogP contribution in [0.1, 0.15) is 24.4 Å². The summed E-state index contributed by atoms with van der Waals surface area (Å²) in [5.74, 6) is 0. The van der Waals surface area contributed by atoms with Crippen molar-refractivity contribution in [1.29, 1.82) is 0 Å². The first-order valence-electron chi connectivity index (χ1n) is 3.95. The number of hydrogen-bond donors (Lipinski definition) is 1. The topological polar surface area (TPSA) is 37.8 Å². The SMILES string of the molecule is Cl.c1ncc(C2CCCN2)cn1. The molecular weight excluding hydrogens is 174 g/mol. The first-order chi connectivity index (χ1) is 5.47. The van der Waals surface area contributed by atoms with Crippen LogP contribution >= 0.6 is 12.4 Å². The van der Waals surface area contributed by atoms with Gasteiger partial charge in [-0.2, -0.15) is 0 Å². The van der Waals surface area contributed by atoms with Crippen LogP contribution in [0.15, 0.2) is 18.7 Å². The Hall–Kier alpha value is -0.670. The molecule has 0 radical (unpaired) electrons. The molecule has 2 heterocycles. The molecular formula is C8H12ClN3. The number of hydrogen-bond acceptors (Lipinski definition) is 3. The fourth-order valence-electron chi connectivity index (χ4n) is 1.46. The van der Waals surface area contributed by atoms with Gasteiger partial charge in [0.2, 0.25) is 0 Å². The molecule has 0 spiro atoms. The Morgan fingerprint density at radius 1 is 1.33 bits per heavy atom. The van der Waals surface area contributed by atoms with Gasteiger partial charge in [-0.15, -0.1) is 12.4 Å². The second-order valence-corrected chi connectivity index (χ2v) is 2.82. The van der Waals surface area contributed by atoms with Crippen molar-refractivity contribution in [3.05, 3.63) is 24.3 Å². The van der Waals surface area contributed by atoms with Crippen LogP contribution in [0.5, 0.6) is 0 Å². The number of rotatable bonds is 1. The van der Waals surface area contributed by atoms with Crippen molar-refractivity contribution >= 4 is 12.4 Å². The highest BCUT2D eigenvalue weighted by atomic mass is 35.5. The van der Waals surface area contributed by atoms with E-state index in [0.717, 1.165) is 6.54 Å². The first-order valence-corrected chi connectivity index (χ1v) is 3.95. The first kappa shape index (κ1) is 9.42. The molecule has 1 aliphatic rings. The van der Waals surface area contributed by atoms with E-state index in [1.165, 1.54) is 18.4 Å². The average molecular weight is 186 g/mol. The normalized spacial score (nSPS) is 21.8. The summed E-state index contributed by atoms with van der Waals surface area (Å²) in [6, 6.07) is 0.496. The summed E-state index contributed by atoms with van der Waals surface area (Å²) in [4.78, 5) is 7.96. The Morgan fingerprint density at radius 3 is 2.67 bits per heavy atom. The highest BCUT2D eigenvalue weighted by Crippen LogP contribution is 2.20. The van der Waals surface area contributed by atoms with Crippen LogP contribution in [0.2, 0.25) is 0 Å². The summed E-state index contributed by atoms with van der Waals surface area (Å²) in [7, 11) is 0. The van der Waals surface area contributed by atoms with E-state index in [-0.39, 0.29) is 12.4 Å². The third kappa shape index (κ3) is 1.93. The van der Waals surface area contributed by atoms with Crippen LogP contribution in [0.3, 0.4) is 0 Å². The van der Waals surface area contributed by atoms with E-state index in [9.17, 15) is 0 Å². The predicted molar refractivity (Wildman–Crippen MR) is 49.3 cm³/mol. The van der Waals surface area contributed by atoms with E-state index in [1.54, 1.807) is 6.33 Å². The van der Waals surface area contributed by atoms with Crippen LogP contribution in [-0.2, 0) is 0 Å². The Bertz CT molecular complexity index is 221. The Morgan fingerprint density at radius 2 is 2.08 bits per heavy atom. The smallest absolute Gasteiger partial charge is 0.115 e. The Kier molecular flexibility index (Phi) is 3.44. The van der Waals surface area contributed by atoms with Gasteiger partial charge < -0.3 is 5.32 Å². The van der Waals surface area contributed by atoms with Crippen molar-refractivity contribution in [3.63, 3.8) is 0 Å². The lowest BCUT2D eigenvalue weighted by Crippen LogP contribution is -2.12. The van der Waals surface area contributed by atoms with Gasteiger partial charge in [-0.25, -0.2) is 9.97 Å². The minimum atomic E-state index is 0. The second kappa shape index (κ2) is 4.38. The molecule has 66 valence electrons. The molecule has 0 amide bonds. The minimum absolute atomic E-state index is 0. The van der Waals surface area contributed by atoms with Crippen molar-refractivity contribution in [1.82, 2.24) is 15.3 Å². The molecule has 1 aromatic rings. The van der Waals surface area contributed by atoms with Crippen LogP contribution in [0, 0.1) is 0 Å². The van der Waals surface area contributed by atoms with Crippen molar-refractivity contribution in [2.75, 3.05) is 6.54 Å². The lowest BCUT2D eigenvalue weighted by molar-refractivity contribution is 0.641. The molecule has 1 saturated heterocycles. The van der Waals surface area contributed by atoms with Crippen LogP contribution < -0.4 is 5.32 Å². The largest absolute Gasteiger partial charge is 0.310 e. The minimum Gasteiger partial charge on any atom is -0.310 e. The molecule has 12 heavy (non-hydrogen) atoms. The van der Waals surface area contributed by atoms with Crippen molar-refractivity contribution in [2.24, 2.45) is 0 Å². The van der Waals surface area contributed by atoms with Gasteiger partial charge in [0.1, 0.15) is 6.33 Å². The van der Waals surface area contributed by atoms with E-state index < -0.39 is 0 Å². The van der Waals surface area contributed by atoms with E-state index in [1.807, 2.05) is 12.4 Å². The van der Waals surface area contributed by atoms with E-state index in [2.05, 4.69) is 15.3 Å². The Labute approximate surface area is 78.0 Å². The molecule has 1 aromatic heterocycles. The zero-order valence-corrected chi connectivity index (χ0v) is 7.55. The summed E-state index contributed by atoms with van der Waals surface area (Å²) in [6.07, 6.45) is 7.82. The molecule has 3 nitrogen and oxygen atoms in total. The van der Waals surface area contributed by atoms with Gasteiger partial charge in [0.25, 0.3) is 0 Å². The van der Waals surface area contributed by atoms with Crippen molar-refractivity contribution < 1.29 is 0 Å². The number of halogens is 1. The second-order valence-electron chi connectivity index (χ2n) is 2.82. The maximum Gasteiger partial charge on any atom is 0.115 e. The van der Waals surface area contributed by atoms with Crippen LogP contribution in [-0.4, -0.2) is 16.5 Å². The summed E-state index contributed by atoms with van der Waals surface area (Å²) in [6.45, 7) is 1.12. The fraction of sp³-hybridized carbons (Fsp3) is 0.500. The molecule has 0 saturated carbocycles. The van der Waals surface area contributed by atoms with Gasteiger partial charge >= 0.3 is 0 Å². The van der Waals surface area contributed by atoms with Gasteiger partial charge in [0.15, 0.2) is 0 Å². The van der Waals surface area contributed by atoms with Crippen LogP contribution in [0.4, 0.5) is 0 Å². The quantitative estimate of drug-likeness (QED) is 0.717. The molecule has 1 fully saturated rings. The Balaban J connectivity index is 0.000000720. The molecule has 1 atom stereocenters. The fourth-order valence-corrected chi connectivity index (χ4v) is 1.46. The molecule has 1 N–H and O–H groups in total. The highest BCUT2D eigenvalue weighted by molar-refractivity contribution is 5.85. The monoisotopic (exact) mass is 185 g/mol. The number of nitrogens with zero attached hydrogens (tertiary/aromatic N) is 2. The third-order valence-corrected chi connectivity index (χ3v) is 2.04. The molecule has 4 heteroatoms. The molecule has 1 aliphatic heterocycles. The summed E-state index contributed by atoms with van der Waals surface area (Å²) >= 11 is 0. The maximum atomic E-state index is 3.98. The van der Waals surface area contributed by atoms with Crippen molar-refractivity contribution in [3.8, 4) is 0 Å². The number of nitrogens with one attached hydrogen (secondary N) is 1. The summed E-state index contributed by atoms with van der Waals surface area (Å²) in [5, 5.41) is 3.39. The zero-order valence-electron chi connectivity index (χ0n) is 6.73. The summed E-state index contributed by atoms with van der Waals surface area (Å²) < 4.78 is 0. The lowest BCUT2D eigenvalue weighted by atomic mass is 10.1. The third-order valence-electron chi connectivity index (χ3n) is 2.04. The van der Waals surface area contributed by atoms with Crippen LogP contribution in [0.25, 0.3) is 0 Å². The van der Waals surface area contributed by atoms with Gasteiger partial charge in [0, 0.05) is 24.0 Å². The number of aromatic nitrogens is 2. The standard InChI is InChI=1S/C8H11N3.ClH/c1-2-8(11-3-1)7-4-9-6-10-5-7;/h4-6,8,11H,1-3H2;1H. The van der Waals surface area contributed by atoms with Gasteiger partial charge in [-0.05, 0) is 19.4 Å². The van der Waals surface area contributed by atoms with E-state index in [4.69, 9.17) is 0 Å². The molecule has 0 bridgehead atoms. The predicted octanol–water partition coefficient (Wildman–Crippen LogP) is 1.32. The zero-order chi connectivity index (χ0) is 7.52. The molecule has 1 unspecified atom stereocenters. The highest BCUT2D eigenvalue weighted by Gasteiger charge is 2.15. The molecule has 0 aromatic carbocycles. The van der Waals surface area contributed by atoms with Crippen molar-refractivity contribution in [2.45, 2.75) is 18.9 Å². The van der Waals surface area contributed by atoms with E-state index in [0.29, 0.717) is 6.04 Å². The van der Waals surface area contributed by atoms with Gasteiger partial charge in [-0.1, -0.05) is 0 Å². The maximum absolute atomic E-state index is 3.98.